The fourth-order valence-corrected chi connectivity index (χ4v) is 2.77. The summed E-state index contributed by atoms with van der Waals surface area (Å²) in [6, 6.07) is 17.2. The molecule has 29 heavy (non-hydrogen) atoms. The summed E-state index contributed by atoms with van der Waals surface area (Å²) in [5.74, 6) is -0.348. The van der Waals surface area contributed by atoms with Crippen molar-refractivity contribution in [3.05, 3.63) is 60.2 Å². The molecule has 0 radical (unpaired) electrons. The van der Waals surface area contributed by atoms with Gasteiger partial charge in [0.2, 0.25) is 0 Å². The van der Waals surface area contributed by atoms with Crippen LogP contribution in [0.4, 0.5) is 13.2 Å². The molecule has 0 fully saturated rings. The van der Waals surface area contributed by atoms with E-state index < -0.39 is 12.3 Å². The molecule has 0 spiro atoms. The summed E-state index contributed by atoms with van der Waals surface area (Å²) >= 11 is 0. The Morgan fingerprint density at radius 2 is 1.38 bits per heavy atom. The van der Waals surface area contributed by atoms with E-state index in [0.29, 0.717) is 18.6 Å². The maximum absolute atomic E-state index is 12.3. The van der Waals surface area contributed by atoms with E-state index in [0.717, 1.165) is 43.7 Å². The largest absolute Gasteiger partial charge is 0.462 e. The third kappa shape index (κ3) is 8.28. The second kappa shape index (κ2) is 11.6. The molecular formula is C23H27F3O3. The first-order valence-electron chi connectivity index (χ1n) is 9.89. The molecule has 0 aliphatic carbocycles. The fraction of sp³-hybridized carbons (Fsp3) is 0.435. The molecule has 2 aromatic rings. The topological polar surface area (TPSA) is 35.5 Å². The van der Waals surface area contributed by atoms with Gasteiger partial charge in [0.15, 0.2) is 6.10 Å². The predicted molar refractivity (Wildman–Crippen MR) is 107 cm³/mol. The highest BCUT2D eigenvalue weighted by atomic mass is 19.4. The first-order valence-corrected chi connectivity index (χ1v) is 9.89. The molecule has 158 valence electrons. The van der Waals surface area contributed by atoms with E-state index in [9.17, 15) is 18.0 Å². The van der Waals surface area contributed by atoms with E-state index in [1.807, 2.05) is 42.5 Å². The summed E-state index contributed by atoms with van der Waals surface area (Å²) in [5, 5.41) is 0. The average molecular weight is 408 g/mol. The van der Waals surface area contributed by atoms with Crippen molar-refractivity contribution in [2.24, 2.45) is 0 Å². The van der Waals surface area contributed by atoms with Crippen LogP contribution in [0, 0.1) is 0 Å². The molecule has 1 unspecified atom stereocenters. The normalized spacial score (nSPS) is 12.6. The third-order valence-corrected chi connectivity index (χ3v) is 4.58. The SMILES string of the molecule is CC(OCCCCCCCOC(=O)c1ccc(-c2ccccc2)cc1)C(F)(F)F. The maximum Gasteiger partial charge on any atom is 0.414 e. The van der Waals surface area contributed by atoms with Gasteiger partial charge in [-0.05, 0) is 43.0 Å². The predicted octanol–water partition coefficient (Wildman–Crippen LogP) is 6.43. The minimum absolute atomic E-state index is 0.106. The van der Waals surface area contributed by atoms with Gasteiger partial charge in [0.1, 0.15) is 0 Å². The molecule has 0 bridgehead atoms. The lowest BCUT2D eigenvalue weighted by Crippen LogP contribution is -2.28. The van der Waals surface area contributed by atoms with E-state index in [1.54, 1.807) is 12.1 Å². The van der Waals surface area contributed by atoms with Crippen LogP contribution in [0.1, 0.15) is 49.4 Å². The number of halogens is 3. The molecule has 3 nitrogen and oxygen atoms in total. The van der Waals surface area contributed by atoms with Crippen LogP contribution in [0.15, 0.2) is 54.6 Å². The summed E-state index contributed by atoms with van der Waals surface area (Å²) in [7, 11) is 0. The summed E-state index contributed by atoms with van der Waals surface area (Å²) < 4.78 is 46.9. The summed E-state index contributed by atoms with van der Waals surface area (Å²) in [6.07, 6.45) is -2.18. The summed E-state index contributed by atoms with van der Waals surface area (Å²) in [5.41, 5.74) is 2.64. The number of carbonyl (C=O) groups excluding carboxylic acids is 1. The minimum Gasteiger partial charge on any atom is -0.462 e. The number of rotatable bonds is 11. The molecule has 2 aromatic carbocycles. The van der Waals surface area contributed by atoms with Crippen molar-refractivity contribution in [2.75, 3.05) is 13.2 Å². The van der Waals surface area contributed by atoms with Gasteiger partial charge in [-0.25, -0.2) is 4.79 Å². The number of hydrogen-bond acceptors (Lipinski definition) is 3. The monoisotopic (exact) mass is 408 g/mol. The number of unbranched alkanes of at least 4 members (excludes halogenated alkanes) is 4. The molecule has 2 rings (SSSR count). The van der Waals surface area contributed by atoms with Gasteiger partial charge in [-0.3, -0.25) is 0 Å². The Kier molecular flexibility index (Phi) is 9.19. The van der Waals surface area contributed by atoms with Gasteiger partial charge in [0, 0.05) is 6.61 Å². The second-order valence-electron chi connectivity index (χ2n) is 6.90. The minimum atomic E-state index is -4.30. The van der Waals surface area contributed by atoms with Crippen molar-refractivity contribution in [2.45, 2.75) is 51.3 Å². The van der Waals surface area contributed by atoms with Crippen molar-refractivity contribution >= 4 is 5.97 Å². The Bertz CT molecular complexity index is 727. The molecule has 6 heteroatoms. The molecule has 0 saturated heterocycles. The van der Waals surface area contributed by atoms with Gasteiger partial charge in [0.25, 0.3) is 0 Å². The lowest BCUT2D eigenvalue weighted by atomic mass is 10.0. The van der Waals surface area contributed by atoms with Crippen LogP contribution in [0.2, 0.25) is 0 Å². The quantitative estimate of drug-likeness (QED) is 0.318. The Hall–Kier alpha value is -2.34. The highest BCUT2D eigenvalue weighted by Gasteiger charge is 2.36. The Balaban J connectivity index is 1.56. The molecule has 0 saturated carbocycles. The van der Waals surface area contributed by atoms with E-state index >= 15 is 0 Å². The molecule has 1 atom stereocenters. The van der Waals surface area contributed by atoms with E-state index in [2.05, 4.69) is 0 Å². The van der Waals surface area contributed by atoms with Crippen LogP contribution in [-0.4, -0.2) is 31.5 Å². The van der Waals surface area contributed by atoms with E-state index in [1.165, 1.54) is 0 Å². The number of ether oxygens (including phenoxy) is 2. The van der Waals surface area contributed by atoms with Crippen molar-refractivity contribution in [1.29, 1.82) is 0 Å². The molecule has 0 aliphatic rings. The van der Waals surface area contributed by atoms with Gasteiger partial charge >= 0.3 is 12.1 Å². The Labute approximate surface area is 169 Å². The van der Waals surface area contributed by atoms with Gasteiger partial charge in [-0.15, -0.1) is 0 Å². The van der Waals surface area contributed by atoms with Crippen molar-refractivity contribution < 1.29 is 27.4 Å². The van der Waals surface area contributed by atoms with Crippen molar-refractivity contribution in [3.8, 4) is 11.1 Å². The summed E-state index contributed by atoms with van der Waals surface area (Å²) in [4.78, 5) is 12.1. The molecule has 0 aromatic heterocycles. The van der Waals surface area contributed by atoms with Gasteiger partial charge < -0.3 is 9.47 Å². The highest BCUT2D eigenvalue weighted by Crippen LogP contribution is 2.22. The van der Waals surface area contributed by atoms with Gasteiger partial charge in [-0.1, -0.05) is 61.7 Å². The highest BCUT2D eigenvalue weighted by molar-refractivity contribution is 5.90. The van der Waals surface area contributed by atoms with Gasteiger partial charge in [-0.2, -0.15) is 13.2 Å². The summed E-state index contributed by atoms with van der Waals surface area (Å²) in [6.45, 7) is 1.46. The lowest BCUT2D eigenvalue weighted by molar-refractivity contribution is -0.214. The molecular weight excluding hydrogens is 381 g/mol. The standard InChI is InChI=1S/C23H27F3O3/c1-18(23(24,25)26)28-16-8-3-2-4-9-17-29-22(27)21-14-12-20(13-15-21)19-10-6-5-7-11-19/h5-7,10-15,18H,2-4,8-9,16-17H2,1H3. The third-order valence-electron chi connectivity index (χ3n) is 4.58. The Morgan fingerprint density at radius 1 is 0.828 bits per heavy atom. The zero-order chi connectivity index (χ0) is 21.1. The number of alkyl halides is 3. The number of carbonyl (C=O) groups is 1. The molecule has 0 amide bonds. The smallest absolute Gasteiger partial charge is 0.414 e. The van der Waals surface area contributed by atoms with Crippen LogP contribution in [0.5, 0.6) is 0 Å². The van der Waals surface area contributed by atoms with E-state index in [4.69, 9.17) is 9.47 Å². The zero-order valence-corrected chi connectivity index (χ0v) is 16.6. The number of benzene rings is 2. The van der Waals surface area contributed by atoms with Crippen LogP contribution in [0.3, 0.4) is 0 Å². The molecule has 0 N–H and O–H groups in total. The number of hydrogen-bond donors (Lipinski definition) is 0. The first kappa shape index (κ1) is 22.9. The Morgan fingerprint density at radius 3 is 2.00 bits per heavy atom. The molecule has 0 aliphatic heterocycles. The second-order valence-corrected chi connectivity index (χ2v) is 6.90. The number of esters is 1. The van der Waals surface area contributed by atoms with Crippen LogP contribution < -0.4 is 0 Å². The average Bonchev–Trinajstić information content (AvgIpc) is 2.72. The lowest BCUT2D eigenvalue weighted by Gasteiger charge is -2.16. The van der Waals surface area contributed by atoms with Crippen molar-refractivity contribution in [1.82, 2.24) is 0 Å². The maximum atomic E-state index is 12.3. The van der Waals surface area contributed by atoms with E-state index in [-0.39, 0.29) is 12.6 Å². The van der Waals surface area contributed by atoms with Crippen LogP contribution >= 0.6 is 0 Å². The zero-order valence-electron chi connectivity index (χ0n) is 16.6. The van der Waals surface area contributed by atoms with Crippen LogP contribution in [-0.2, 0) is 9.47 Å². The first-order chi connectivity index (χ1) is 13.9. The van der Waals surface area contributed by atoms with Crippen LogP contribution in [0.25, 0.3) is 11.1 Å². The van der Waals surface area contributed by atoms with Crippen molar-refractivity contribution in [3.63, 3.8) is 0 Å². The fourth-order valence-electron chi connectivity index (χ4n) is 2.77. The van der Waals surface area contributed by atoms with Gasteiger partial charge in [0.05, 0.1) is 12.2 Å². The molecule has 0 heterocycles.